The number of ether oxygens (including phenoxy) is 1. The van der Waals surface area contributed by atoms with Gasteiger partial charge in [-0.2, -0.15) is 4.52 Å². The third-order valence-electron chi connectivity index (χ3n) is 3.70. The molecule has 0 bridgehead atoms. The van der Waals surface area contributed by atoms with E-state index < -0.39 is 0 Å². The zero-order valence-corrected chi connectivity index (χ0v) is 13.4. The molecule has 0 radical (unpaired) electrons. The quantitative estimate of drug-likeness (QED) is 0.807. The molecule has 0 spiro atoms. The van der Waals surface area contributed by atoms with Gasteiger partial charge in [0, 0.05) is 11.3 Å². The number of H-pyrrole nitrogens is 1. The maximum atomic E-state index is 12.3. The minimum Gasteiger partial charge on any atom is -0.497 e. The maximum absolute atomic E-state index is 12.3. The predicted molar refractivity (Wildman–Crippen MR) is 86.9 cm³/mol. The molecule has 2 heterocycles. The molecule has 0 amide bonds. The Bertz CT molecular complexity index is 894. The first-order chi connectivity index (χ1) is 10.6. The van der Waals surface area contributed by atoms with E-state index in [2.05, 4.69) is 10.1 Å². The molecule has 3 aromatic rings. The lowest BCUT2D eigenvalue weighted by molar-refractivity contribution is 0.415. The number of fused-ring (bicyclic) bond motifs is 1. The molecule has 1 aromatic carbocycles. The molecular weight excluding hydrogens is 302 g/mol. The highest BCUT2D eigenvalue weighted by Gasteiger charge is 2.17. The van der Waals surface area contributed by atoms with E-state index >= 15 is 0 Å². The van der Waals surface area contributed by atoms with Gasteiger partial charge in [0.05, 0.1) is 12.8 Å². The van der Waals surface area contributed by atoms with Gasteiger partial charge in [0.25, 0.3) is 5.56 Å². The summed E-state index contributed by atoms with van der Waals surface area (Å²) >= 11 is 6.01. The summed E-state index contributed by atoms with van der Waals surface area (Å²) in [5, 5.41) is 3.24. The number of halogens is 1. The third kappa shape index (κ3) is 2.18. The van der Waals surface area contributed by atoms with Crippen LogP contribution in [0.5, 0.6) is 5.75 Å². The standard InChI is InChI=1S/C16H16ClN3O2/c1-4-12-13(10-5-7-11(22-3)8-6-10)15-18-9(2)14(17)16(21)20(15)19-12/h5-8,19H,4H2,1-3H3. The number of hydrogen-bond donors (Lipinski definition) is 1. The average Bonchev–Trinajstić information content (AvgIpc) is 2.91. The normalized spacial score (nSPS) is 11.1. The van der Waals surface area contributed by atoms with E-state index in [4.69, 9.17) is 16.3 Å². The highest BCUT2D eigenvalue weighted by Crippen LogP contribution is 2.29. The van der Waals surface area contributed by atoms with Crippen molar-refractivity contribution in [3.63, 3.8) is 0 Å². The van der Waals surface area contributed by atoms with E-state index in [0.29, 0.717) is 11.3 Å². The average molecular weight is 318 g/mol. The molecule has 0 fully saturated rings. The number of nitrogens with one attached hydrogen (secondary N) is 1. The summed E-state index contributed by atoms with van der Waals surface area (Å²) in [6.07, 6.45) is 0.751. The van der Waals surface area contributed by atoms with E-state index in [-0.39, 0.29) is 10.6 Å². The molecule has 22 heavy (non-hydrogen) atoms. The molecule has 0 aliphatic heterocycles. The lowest BCUT2D eigenvalue weighted by Crippen LogP contribution is -2.17. The van der Waals surface area contributed by atoms with E-state index in [9.17, 15) is 4.79 Å². The van der Waals surface area contributed by atoms with Gasteiger partial charge in [-0.1, -0.05) is 30.7 Å². The smallest absolute Gasteiger partial charge is 0.291 e. The number of hydrogen-bond acceptors (Lipinski definition) is 3. The molecule has 0 saturated heterocycles. The maximum Gasteiger partial charge on any atom is 0.291 e. The Morgan fingerprint density at radius 1 is 1.32 bits per heavy atom. The van der Waals surface area contributed by atoms with Crippen LogP contribution in [-0.2, 0) is 6.42 Å². The van der Waals surface area contributed by atoms with Crippen molar-refractivity contribution in [1.82, 2.24) is 14.6 Å². The van der Waals surface area contributed by atoms with Gasteiger partial charge < -0.3 is 4.74 Å². The molecule has 1 N–H and O–H groups in total. The van der Waals surface area contributed by atoms with Crippen LogP contribution in [0.4, 0.5) is 0 Å². The van der Waals surface area contributed by atoms with Crippen molar-refractivity contribution in [3.05, 3.63) is 51.0 Å². The predicted octanol–water partition coefficient (Wildman–Crippen LogP) is 3.22. The largest absolute Gasteiger partial charge is 0.497 e. The molecule has 0 unspecified atom stereocenters. The van der Waals surface area contributed by atoms with Crippen LogP contribution in [-0.4, -0.2) is 21.7 Å². The highest BCUT2D eigenvalue weighted by molar-refractivity contribution is 6.31. The van der Waals surface area contributed by atoms with Gasteiger partial charge in [0.15, 0.2) is 5.65 Å². The Balaban J connectivity index is 2.33. The minimum absolute atomic E-state index is 0.141. The Morgan fingerprint density at radius 2 is 2.00 bits per heavy atom. The lowest BCUT2D eigenvalue weighted by atomic mass is 10.0. The monoisotopic (exact) mass is 317 g/mol. The van der Waals surface area contributed by atoms with Crippen LogP contribution in [0.3, 0.4) is 0 Å². The molecule has 0 aliphatic carbocycles. The van der Waals surface area contributed by atoms with Crippen molar-refractivity contribution >= 4 is 17.2 Å². The van der Waals surface area contributed by atoms with Crippen molar-refractivity contribution < 1.29 is 4.74 Å². The highest BCUT2D eigenvalue weighted by atomic mass is 35.5. The van der Waals surface area contributed by atoms with Gasteiger partial charge in [-0.25, -0.2) is 4.98 Å². The number of aromatic nitrogens is 3. The summed E-state index contributed by atoms with van der Waals surface area (Å²) in [4.78, 5) is 16.8. The summed E-state index contributed by atoms with van der Waals surface area (Å²) in [5.41, 5.74) is 3.68. The summed E-state index contributed by atoms with van der Waals surface area (Å²) in [6, 6.07) is 7.69. The lowest BCUT2D eigenvalue weighted by Gasteiger charge is -2.04. The Hall–Kier alpha value is -2.27. The van der Waals surface area contributed by atoms with Gasteiger partial charge in [0.2, 0.25) is 0 Å². The molecule has 3 rings (SSSR count). The molecule has 0 saturated carbocycles. The first-order valence-electron chi connectivity index (χ1n) is 7.01. The van der Waals surface area contributed by atoms with Crippen molar-refractivity contribution in [1.29, 1.82) is 0 Å². The van der Waals surface area contributed by atoms with Crippen LogP contribution < -0.4 is 10.3 Å². The second-order valence-corrected chi connectivity index (χ2v) is 5.40. The van der Waals surface area contributed by atoms with Crippen molar-refractivity contribution in [2.24, 2.45) is 0 Å². The summed E-state index contributed by atoms with van der Waals surface area (Å²) in [7, 11) is 1.63. The number of aromatic amines is 1. The number of nitrogens with zero attached hydrogens (tertiary/aromatic N) is 2. The molecule has 6 heteroatoms. The topological polar surface area (TPSA) is 59.4 Å². The van der Waals surface area contributed by atoms with E-state index in [1.165, 1.54) is 4.52 Å². The SMILES string of the molecule is CCc1[nH]n2c(=O)c(Cl)c(C)nc2c1-c1ccc(OC)cc1. The van der Waals surface area contributed by atoms with Crippen molar-refractivity contribution in [2.75, 3.05) is 7.11 Å². The summed E-state index contributed by atoms with van der Waals surface area (Å²) < 4.78 is 6.60. The molecular formula is C16H16ClN3O2. The number of methoxy groups -OCH3 is 1. The van der Waals surface area contributed by atoms with Crippen LogP contribution in [0.1, 0.15) is 18.3 Å². The minimum atomic E-state index is -0.279. The number of aryl methyl sites for hydroxylation is 2. The molecule has 0 aliphatic rings. The Labute approximate surface area is 132 Å². The Morgan fingerprint density at radius 3 is 2.59 bits per heavy atom. The molecule has 2 aromatic heterocycles. The fourth-order valence-electron chi connectivity index (χ4n) is 2.52. The molecule has 114 valence electrons. The zero-order valence-electron chi connectivity index (χ0n) is 12.6. The number of benzene rings is 1. The van der Waals surface area contributed by atoms with Gasteiger partial charge in [-0.15, -0.1) is 0 Å². The van der Waals surface area contributed by atoms with Crippen LogP contribution in [0.15, 0.2) is 29.1 Å². The fourth-order valence-corrected chi connectivity index (χ4v) is 2.65. The fraction of sp³-hybridized carbons (Fsp3) is 0.250. The van der Waals surface area contributed by atoms with Gasteiger partial charge >= 0.3 is 0 Å². The second kappa shape index (κ2) is 5.50. The van der Waals surface area contributed by atoms with E-state index in [1.807, 2.05) is 31.2 Å². The first-order valence-corrected chi connectivity index (χ1v) is 7.38. The van der Waals surface area contributed by atoms with Gasteiger partial charge in [-0.3, -0.25) is 9.89 Å². The molecule has 5 nitrogen and oxygen atoms in total. The van der Waals surface area contributed by atoms with Gasteiger partial charge in [0.1, 0.15) is 10.8 Å². The van der Waals surface area contributed by atoms with Crippen LogP contribution >= 0.6 is 11.6 Å². The van der Waals surface area contributed by atoms with Crippen molar-refractivity contribution in [3.8, 4) is 16.9 Å². The van der Waals surface area contributed by atoms with Crippen molar-refractivity contribution in [2.45, 2.75) is 20.3 Å². The van der Waals surface area contributed by atoms with Crippen LogP contribution in [0, 0.1) is 6.92 Å². The van der Waals surface area contributed by atoms with E-state index in [1.54, 1.807) is 14.0 Å². The summed E-state index contributed by atoms with van der Waals surface area (Å²) in [6.45, 7) is 3.76. The third-order valence-corrected chi connectivity index (χ3v) is 4.13. The van der Waals surface area contributed by atoms with Crippen LogP contribution in [0.25, 0.3) is 16.8 Å². The first kappa shape index (κ1) is 14.7. The summed E-state index contributed by atoms with van der Waals surface area (Å²) in [5.74, 6) is 0.783. The van der Waals surface area contributed by atoms with Crippen LogP contribution in [0.2, 0.25) is 5.02 Å². The van der Waals surface area contributed by atoms with E-state index in [0.717, 1.165) is 29.0 Å². The van der Waals surface area contributed by atoms with Gasteiger partial charge in [-0.05, 0) is 31.0 Å². The second-order valence-electron chi connectivity index (χ2n) is 5.02. The Kier molecular flexibility index (Phi) is 3.66. The zero-order chi connectivity index (χ0) is 15.9. The number of rotatable bonds is 3. The molecule has 0 atom stereocenters.